The second-order valence-electron chi connectivity index (χ2n) is 8.24. The molecule has 0 aromatic heterocycles. The molecule has 0 bridgehead atoms. The summed E-state index contributed by atoms with van der Waals surface area (Å²) < 4.78 is 13.2. The Labute approximate surface area is 227 Å². The molecule has 3 aromatic rings. The average molecular weight is 617 g/mol. The molecule has 1 unspecified atom stereocenters. The molecule has 9 heteroatoms. The van der Waals surface area contributed by atoms with E-state index in [1.54, 1.807) is 37.4 Å². The van der Waals surface area contributed by atoms with Crippen molar-refractivity contribution in [3.8, 4) is 11.5 Å². The van der Waals surface area contributed by atoms with Gasteiger partial charge >= 0.3 is 0 Å². The molecular weight excluding hydrogens is 590 g/mol. The number of rotatable bonds is 10. The second-order valence-corrected chi connectivity index (χ2v) is 10.0. The van der Waals surface area contributed by atoms with Crippen LogP contribution >= 0.6 is 31.9 Å². The van der Waals surface area contributed by atoms with Gasteiger partial charge in [-0.05, 0) is 69.4 Å². The van der Waals surface area contributed by atoms with Gasteiger partial charge in [-0.3, -0.25) is 9.59 Å². The molecular formula is C27H27Br2N3O4. The van der Waals surface area contributed by atoms with Crippen molar-refractivity contribution >= 4 is 49.9 Å². The van der Waals surface area contributed by atoms with Crippen LogP contribution in [0.2, 0.25) is 0 Å². The maximum atomic E-state index is 12.7. The van der Waals surface area contributed by atoms with Crippen LogP contribution < -0.4 is 20.2 Å². The fourth-order valence-corrected chi connectivity index (χ4v) is 4.12. The van der Waals surface area contributed by atoms with Gasteiger partial charge in [-0.15, -0.1) is 0 Å². The summed E-state index contributed by atoms with van der Waals surface area (Å²) in [6.07, 6.45) is 1.50. The lowest BCUT2D eigenvalue weighted by Crippen LogP contribution is -2.48. The maximum Gasteiger partial charge on any atom is 0.262 e. The van der Waals surface area contributed by atoms with Crippen molar-refractivity contribution in [3.05, 3.63) is 92.4 Å². The second kappa shape index (κ2) is 13.2. The van der Waals surface area contributed by atoms with E-state index in [2.05, 4.69) is 47.7 Å². The number of carbonyl (C=O) groups is 2. The molecule has 36 heavy (non-hydrogen) atoms. The molecule has 7 nitrogen and oxygen atoms in total. The van der Waals surface area contributed by atoms with Crippen LogP contribution in [0, 0.1) is 5.92 Å². The number of amides is 2. The summed E-state index contributed by atoms with van der Waals surface area (Å²) >= 11 is 6.95. The highest BCUT2D eigenvalue weighted by molar-refractivity contribution is 9.10. The highest BCUT2D eigenvalue weighted by Gasteiger charge is 2.24. The number of methoxy groups -OCH3 is 1. The Balaban J connectivity index is 1.65. The fourth-order valence-electron chi connectivity index (χ4n) is 3.28. The molecule has 0 saturated heterocycles. The molecule has 3 aromatic carbocycles. The van der Waals surface area contributed by atoms with Gasteiger partial charge in [-0.2, -0.15) is 5.10 Å². The number of nitrogens with one attached hydrogen (secondary N) is 2. The van der Waals surface area contributed by atoms with Gasteiger partial charge in [-0.25, -0.2) is 5.43 Å². The predicted octanol–water partition coefficient (Wildman–Crippen LogP) is 5.70. The van der Waals surface area contributed by atoms with Gasteiger partial charge in [0.25, 0.3) is 11.8 Å². The third-order valence-electron chi connectivity index (χ3n) is 5.21. The topological polar surface area (TPSA) is 89.0 Å². The van der Waals surface area contributed by atoms with E-state index in [9.17, 15) is 9.59 Å². The van der Waals surface area contributed by atoms with Gasteiger partial charge < -0.3 is 14.8 Å². The van der Waals surface area contributed by atoms with Crippen molar-refractivity contribution in [2.45, 2.75) is 26.5 Å². The first-order chi connectivity index (χ1) is 17.3. The molecule has 3 rings (SSSR count). The van der Waals surface area contributed by atoms with Gasteiger partial charge in [0.2, 0.25) is 0 Å². The first kappa shape index (κ1) is 27.4. The number of benzene rings is 3. The molecule has 188 valence electrons. The van der Waals surface area contributed by atoms with E-state index in [-0.39, 0.29) is 11.8 Å². The fraction of sp³-hybridized carbons (Fsp3) is 0.222. The summed E-state index contributed by atoms with van der Waals surface area (Å²) in [5, 5.41) is 6.85. The van der Waals surface area contributed by atoms with E-state index in [0.29, 0.717) is 33.7 Å². The maximum absolute atomic E-state index is 12.7. The minimum atomic E-state index is -0.745. The highest BCUT2D eigenvalue weighted by Crippen LogP contribution is 2.37. The predicted molar refractivity (Wildman–Crippen MR) is 147 cm³/mol. The SMILES string of the molecule is COc1cc(/C=N/NC(=O)C(NC(=O)c2ccccc2)C(C)C)cc(Br)c1OCc1ccc(Br)cc1. The van der Waals surface area contributed by atoms with Crippen LogP contribution in [0.3, 0.4) is 0 Å². The van der Waals surface area contributed by atoms with Crippen molar-refractivity contribution < 1.29 is 19.1 Å². The van der Waals surface area contributed by atoms with Crippen molar-refractivity contribution in [2.75, 3.05) is 7.11 Å². The van der Waals surface area contributed by atoms with Gasteiger partial charge in [0, 0.05) is 10.0 Å². The van der Waals surface area contributed by atoms with E-state index in [1.165, 1.54) is 6.21 Å². The van der Waals surface area contributed by atoms with E-state index < -0.39 is 11.9 Å². The Kier molecular flexibility index (Phi) is 10.1. The Morgan fingerprint density at radius 2 is 1.72 bits per heavy atom. The Morgan fingerprint density at radius 3 is 2.36 bits per heavy atom. The number of hydrazone groups is 1. The van der Waals surface area contributed by atoms with Crippen LogP contribution in [0.15, 0.2) is 80.8 Å². The van der Waals surface area contributed by atoms with Crippen molar-refractivity contribution in [3.63, 3.8) is 0 Å². The molecule has 0 aliphatic rings. The minimum absolute atomic E-state index is 0.135. The molecule has 0 fully saturated rings. The normalized spacial score (nSPS) is 11.8. The number of ether oxygens (including phenoxy) is 2. The minimum Gasteiger partial charge on any atom is -0.493 e. The zero-order chi connectivity index (χ0) is 26.1. The number of halogens is 2. The summed E-state index contributed by atoms with van der Waals surface area (Å²) in [6, 6.07) is 19.4. The third-order valence-corrected chi connectivity index (χ3v) is 6.33. The highest BCUT2D eigenvalue weighted by atomic mass is 79.9. The number of carbonyl (C=O) groups excluding carboxylic acids is 2. The summed E-state index contributed by atoms with van der Waals surface area (Å²) in [5.41, 5.74) is 4.70. The van der Waals surface area contributed by atoms with Crippen molar-refractivity contribution in [1.82, 2.24) is 10.7 Å². The quantitative estimate of drug-likeness (QED) is 0.226. The van der Waals surface area contributed by atoms with Gasteiger partial charge in [0.05, 0.1) is 17.8 Å². The Bertz CT molecular complexity index is 1220. The Morgan fingerprint density at radius 1 is 1.03 bits per heavy atom. The smallest absolute Gasteiger partial charge is 0.262 e. The van der Waals surface area contributed by atoms with Crippen LogP contribution in [-0.4, -0.2) is 31.2 Å². The lowest BCUT2D eigenvalue weighted by atomic mass is 10.0. The largest absolute Gasteiger partial charge is 0.493 e. The lowest BCUT2D eigenvalue weighted by Gasteiger charge is -2.20. The van der Waals surface area contributed by atoms with Crippen LogP contribution in [0.5, 0.6) is 11.5 Å². The van der Waals surface area contributed by atoms with E-state index >= 15 is 0 Å². The summed E-state index contributed by atoms with van der Waals surface area (Å²) in [6.45, 7) is 4.08. The number of nitrogens with zero attached hydrogens (tertiary/aromatic N) is 1. The number of hydrogen-bond acceptors (Lipinski definition) is 5. The molecule has 0 radical (unpaired) electrons. The molecule has 0 aliphatic heterocycles. The third kappa shape index (κ3) is 7.66. The summed E-state index contributed by atoms with van der Waals surface area (Å²) in [5.74, 6) is 0.214. The van der Waals surface area contributed by atoms with Crippen molar-refractivity contribution in [1.29, 1.82) is 0 Å². The zero-order valence-corrected chi connectivity index (χ0v) is 23.3. The molecule has 0 spiro atoms. The van der Waals surface area contributed by atoms with Crippen LogP contribution in [0.4, 0.5) is 0 Å². The van der Waals surface area contributed by atoms with E-state index in [1.807, 2.05) is 50.2 Å². The first-order valence-electron chi connectivity index (χ1n) is 11.2. The monoisotopic (exact) mass is 615 g/mol. The van der Waals surface area contributed by atoms with E-state index in [4.69, 9.17) is 9.47 Å². The van der Waals surface area contributed by atoms with Crippen molar-refractivity contribution in [2.24, 2.45) is 11.0 Å². The van der Waals surface area contributed by atoms with Gasteiger partial charge in [-0.1, -0.05) is 60.1 Å². The average Bonchev–Trinajstić information content (AvgIpc) is 2.87. The molecule has 2 N–H and O–H groups in total. The molecule has 0 saturated carbocycles. The van der Waals surface area contributed by atoms with Crippen LogP contribution in [-0.2, 0) is 11.4 Å². The molecule has 0 aliphatic carbocycles. The molecule has 2 amide bonds. The number of hydrogen-bond donors (Lipinski definition) is 2. The summed E-state index contributed by atoms with van der Waals surface area (Å²) in [7, 11) is 1.56. The first-order valence-corrected chi connectivity index (χ1v) is 12.8. The van der Waals surface area contributed by atoms with Gasteiger partial charge in [0.15, 0.2) is 11.5 Å². The molecule has 0 heterocycles. The zero-order valence-electron chi connectivity index (χ0n) is 20.1. The lowest BCUT2D eigenvalue weighted by molar-refractivity contribution is -0.123. The molecule has 1 atom stereocenters. The van der Waals surface area contributed by atoms with Gasteiger partial charge in [0.1, 0.15) is 12.6 Å². The Hall–Kier alpha value is -3.17. The van der Waals surface area contributed by atoms with Crippen LogP contribution in [0.25, 0.3) is 0 Å². The standard InChI is InChI=1S/C27H27Br2N3O4/c1-17(2)24(31-26(33)20-7-5-4-6-8-20)27(34)32-30-15-19-13-22(29)25(23(14-19)35-3)36-16-18-9-11-21(28)12-10-18/h4-15,17,24H,16H2,1-3H3,(H,31,33)(H,32,34)/b30-15+. The van der Waals surface area contributed by atoms with E-state index in [0.717, 1.165) is 10.0 Å². The van der Waals surface area contributed by atoms with Crippen LogP contribution in [0.1, 0.15) is 35.3 Å². The summed E-state index contributed by atoms with van der Waals surface area (Å²) in [4.78, 5) is 25.2.